The molecular weight excluding hydrogens is 504 g/mol. The Morgan fingerprint density at radius 3 is 2.66 bits per heavy atom. The first-order valence-electron chi connectivity index (χ1n) is 12.7. The van der Waals surface area contributed by atoms with E-state index in [0.717, 1.165) is 29.9 Å². The van der Waals surface area contributed by atoms with Crippen molar-refractivity contribution in [2.45, 2.75) is 25.7 Å². The van der Waals surface area contributed by atoms with E-state index in [4.69, 9.17) is 21.1 Å². The van der Waals surface area contributed by atoms with Crippen LogP contribution < -0.4 is 15.5 Å². The van der Waals surface area contributed by atoms with Gasteiger partial charge in [-0.3, -0.25) is 19.5 Å². The Morgan fingerprint density at radius 2 is 1.89 bits per heavy atom. The highest BCUT2D eigenvalue weighted by atomic mass is 35.5. The molecule has 2 aliphatic rings. The zero-order chi connectivity index (χ0) is 26.1. The van der Waals surface area contributed by atoms with Gasteiger partial charge in [0.1, 0.15) is 11.3 Å². The number of aromatic nitrogens is 2. The Balaban J connectivity index is 1.38. The largest absolute Gasteiger partial charge is 0.480 e. The standard InChI is InChI=1S/C29H27ClN4O4/c30-21-6-4-19(5-7-21)15-32-29(36)23-17-34-18-26(24-3-1-2-8-31-24)38-25-14-20(13-22(27(25)34)28(23)35)16-33-9-11-37-12-10-33/h1-8,13-14,17,26H,9-12,15-16,18H2,(H,32,36)/t26-/m1/s1. The van der Waals surface area contributed by atoms with Gasteiger partial charge in [-0.05, 0) is 47.5 Å². The topological polar surface area (TPSA) is 85.7 Å². The van der Waals surface area contributed by atoms with Crippen molar-refractivity contribution in [2.75, 3.05) is 26.3 Å². The highest BCUT2D eigenvalue weighted by Gasteiger charge is 2.28. The van der Waals surface area contributed by atoms with E-state index in [9.17, 15) is 9.59 Å². The van der Waals surface area contributed by atoms with Gasteiger partial charge in [0.15, 0.2) is 6.10 Å². The number of carbonyl (C=O) groups excluding carboxylic acids is 1. The first-order chi connectivity index (χ1) is 18.5. The molecule has 1 N–H and O–H groups in total. The van der Waals surface area contributed by atoms with Gasteiger partial charge < -0.3 is 19.4 Å². The van der Waals surface area contributed by atoms with E-state index in [1.54, 1.807) is 24.5 Å². The lowest BCUT2D eigenvalue weighted by molar-refractivity contribution is 0.0341. The van der Waals surface area contributed by atoms with E-state index >= 15 is 0 Å². The van der Waals surface area contributed by atoms with Crippen LogP contribution in [0.5, 0.6) is 5.75 Å². The minimum Gasteiger partial charge on any atom is -0.480 e. The summed E-state index contributed by atoms with van der Waals surface area (Å²) in [5.74, 6) is 0.203. The minimum atomic E-state index is -0.420. The maximum atomic E-state index is 13.7. The monoisotopic (exact) mass is 530 g/mol. The third-order valence-corrected chi connectivity index (χ3v) is 7.22. The molecule has 0 saturated carbocycles. The van der Waals surface area contributed by atoms with Crippen LogP contribution in [0.1, 0.15) is 33.3 Å². The predicted molar refractivity (Wildman–Crippen MR) is 145 cm³/mol. The number of rotatable bonds is 6. The van der Waals surface area contributed by atoms with Crippen LogP contribution in [0, 0.1) is 0 Å². The molecule has 0 unspecified atom stereocenters. The number of hydrogen-bond acceptors (Lipinski definition) is 6. The number of nitrogens with zero attached hydrogens (tertiary/aromatic N) is 3. The number of morpholine rings is 1. The quantitative estimate of drug-likeness (QED) is 0.406. The molecule has 2 aromatic heterocycles. The molecular formula is C29H27ClN4O4. The second-order valence-corrected chi connectivity index (χ2v) is 10.0. The Hall–Kier alpha value is -3.72. The molecule has 1 atom stereocenters. The fourth-order valence-electron chi connectivity index (χ4n) is 5.03. The van der Waals surface area contributed by atoms with Gasteiger partial charge in [0, 0.05) is 43.6 Å². The first kappa shape index (κ1) is 24.6. The molecule has 4 aromatic rings. The van der Waals surface area contributed by atoms with Crippen LogP contribution >= 0.6 is 11.6 Å². The Morgan fingerprint density at radius 1 is 1.08 bits per heavy atom. The number of halogens is 1. The summed E-state index contributed by atoms with van der Waals surface area (Å²) >= 11 is 5.97. The van der Waals surface area contributed by atoms with Crippen LogP contribution in [-0.4, -0.2) is 46.7 Å². The highest BCUT2D eigenvalue weighted by Crippen LogP contribution is 2.36. The normalized spacial score (nSPS) is 17.2. The molecule has 38 heavy (non-hydrogen) atoms. The van der Waals surface area contributed by atoms with Crippen molar-refractivity contribution in [3.8, 4) is 5.75 Å². The van der Waals surface area contributed by atoms with Crippen LogP contribution in [0.3, 0.4) is 0 Å². The van der Waals surface area contributed by atoms with Gasteiger partial charge in [0.25, 0.3) is 5.91 Å². The van der Waals surface area contributed by atoms with Gasteiger partial charge in [-0.2, -0.15) is 0 Å². The molecule has 0 spiro atoms. The van der Waals surface area contributed by atoms with Crippen LogP contribution in [0.25, 0.3) is 10.9 Å². The average molecular weight is 531 g/mol. The van der Waals surface area contributed by atoms with Crippen molar-refractivity contribution in [2.24, 2.45) is 0 Å². The molecule has 6 rings (SSSR count). The molecule has 9 heteroatoms. The maximum absolute atomic E-state index is 13.7. The molecule has 194 valence electrons. The number of carbonyl (C=O) groups is 1. The third-order valence-electron chi connectivity index (χ3n) is 6.97. The number of benzene rings is 2. The van der Waals surface area contributed by atoms with Crippen molar-refractivity contribution < 1.29 is 14.3 Å². The van der Waals surface area contributed by atoms with E-state index in [1.807, 2.05) is 47.0 Å². The fraction of sp³-hybridized carbons (Fsp3) is 0.276. The lowest BCUT2D eigenvalue weighted by atomic mass is 10.0. The highest BCUT2D eigenvalue weighted by molar-refractivity contribution is 6.30. The zero-order valence-electron chi connectivity index (χ0n) is 20.7. The van der Waals surface area contributed by atoms with Crippen LogP contribution in [0.4, 0.5) is 0 Å². The molecule has 4 heterocycles. The van der Waals surface area contributed by atoms with Gasteiger partial charge in [-0.15, -0.1) is 0 Å². The number of nitrogens with one attached hydrogen (secondary N) is 1. The third kappa shape index (κ3) is 5.03. The molecule has 0 radical (unpaired) electrons. The van der Waals surface area contributed by atoms with Gasteiger partial charge in [-0.25, -0.2) is 0 Å². The summed E-state index contributed by atoms with van der Waals surface area (Å²) in [6.07, 6.45) is 3.03. The summed E-state index contributed by atoms with van der Waals surface area (Å²) in [5.41, 5.74) is 3.12. The van der Waals surface area contributed by atoms with Gasteiger partial charge in [0.05, 0.1) is 36.4 Å². The molecule has 2 aliphatic heterocycles. The SMILES string of the molecule is O=C(NCc1ccc(Cl)cc1)c1cn2c3c(cc(CN4CCOCC4)cc3c1=O)O[C@@H](c1ccccn1)C2. The van der Waals surface area contributed by atoms with Crippen LogP contribution in [-0.2, 0) is 24.4 Å². The van der Waals surface area contributed by atoms with E-state index < -0.39 is 5.91 Å². The summed E-state index contributed by atoms with van der Waals surface area (Å²) in [6.45, 7) is 4.39. The van der Waals surface area contributed by atoms with E-state index in [0.29, 0.717) is 48.0 Å². The number of pyridine rings is 2. The minimum absolute atomic E-state index is 0.0996. The lowest BCUT2D eigenvalue weighted by Crippen LogP contribution is -2.36. The molecule has 1 amide bonds. The summed E-state index contributed by atoms with van der Waals surface area (Å²) < 4.78 is 13.8. The smallest absolute Gasteiger partial charge is 0.257 e. The van der Waals surface area contributed by atoms with E-state index in [-0.39, 0.29) is 23.6 Å². The Bertz CT molecular complexity index is 1530. The Labute approximate surface area is 224 Å². The van der Waals surface area contributed by atoms with Gasteiger partial charge in [-0.1, -0.05) is 29.8 Å². The molecule has 1 fully saturated rings. The van der Waals surface area contributed by atoms with Gasteiger partial charge >= 0.3 is 0 Å². The molecule has 8 nitrogen and oxygen atoms in total. The van der Waals surface area contributed by atoms with Crippen molar-refractivity contribution in [3.63, 3.8) is 0 Å². The van der Waals surface area contributed by atoms with Crippen molar-refractivity contribution >= 4 is 28.4 Å². The van der Waals surface area contributed by atoms with E-state index in [2.05, 4.69) is 15.2 Å². The first-order valence-corrected chi connectivity index (χ1v) is 13.0. The fourth-order valence-corrected chi connectivity index (χ4v) is 5.16. The second kappa shape index (κ2) is 10.6. The van der Waals surface area contributed by atoms with Crippen molar-refractivity contribution in [1.82, 2.24) is 19.8 Å². The zero-order valence-corrected chi connectivity index (χ0v) is 21.5. The summed E-state index contributed by atoms with van der Waals surface area (Å²) in [6, 6.07) is 16.8. The average Bonchev–Trinajstić information content (AvgIpc) is 2.95. The summed E-state index contributed by atoms with van der Waals surface area (Å²) in [7, 11) is 0. The van der Waals surface area contributed by atoms with Crippen molar-refractivity contribution in [1.29, 1.82) is 0 Å². The lowest BCUT2D eigenvalue weighted by Gasteiger charge is -2.30. The van der Waals surface area contributed by atoms with Crippen molar-refractivity contribution in [3.05, 3.63) is 105 Å². The molecule has 2 aromatic carbocycles. The number of amides is 1. The maximum Gasteiger partial charge on any atom is 0.257 e. The van der Waals surface area contributed by atoms with Crippen LogP contribution in [0.2, 0.25) is 5.02 Å². The molecule has 0 aliphatic carbocycles. The van der Waals surface area contributed by atoms with E-state index in [1.165, 1.54) is 0 Å². The van der Waals surface area contributed by atoms with Gasteiger partial charge in [0.2, 0.25) is 5.43 Å². The summed E-state index contributed by atoms with van der Waals surface area (Å²) in [5, 5.41) is 3.99. The predicted octanol–water partition coefficient (Wildman–Crippen LogP) is 3.95. The van der Waals surface area contributed by atoms with Crippen LogP contribution in [0.15, 0.2) is 71.8 Å². The number of ether oxygens (including phenoxy) is 2. The summed E-state index contributed by atoms with van der Waals surface area (Å²) in [4.78, 5) is 33.7. The Kier molecular flexibility index (Phi) is 6.84. The molecule has 0 bridgehead atoms. The second-order valence-electron chi connectivity index (χ2n) is 9.57. The molecule has 1 saturated heterocycles. The number of hydrogen-bond donors (Lipinski definition) is 1.